The highest BCUT2D eigenvalue weighted by Gasteiger charge is 2.35. The molecule has 45 heavy (non-hydrogen) atoms. The number of rotatable bonds is 12. The number of carbonyl (C=O) groups excluding carboxylic acids is 2. The Morgan fingerprint density at radius 3 is 2.22 bits per heavy atom. The van der Waals surface area contributed by atoms with E-state index in [0.717, 1.165) is 16.7 Å². The van der Waals surface area contributed by atoms with Crippen LogP contribution in [0, 0.1) is 5.92 Å². The van der Waals surface area contributed by atoms with Crippen molar-refractivity contribution in [3.63, 3.8) is 0 Å². The molecule has 1 fully saturated rings. The number of benzene rings is 2. The third-order valence-corrected chi connectivity index (χ3v) is 10.0. The van der Waals surface area contributed by atoms with Crippen molar-refractivity contribution in [1.29, 1.82) is 0 Å². The molecule has 1 heterocycles. The lowest BCUT2D eigenvalue weighted by atomic mass is 9.89. The van der Waals surface area contributed by atoms with Crippen molar-refractivity contribution in [2.45, 2.75) is 103 Å². The molecular weight excluding hydrogens is 592 g/mol. The topological polar surface area (TPSA) is 151 Å². The molecule has 248 valence electrons. The lowest BCUT2D eigenvalue weighted by molar-refractivity contribution is -0.124. The summed E-state index contributed by atoms with van der Waals surface area (Å²) in [5.41, 5.74) is 9.45. The van der Waals surface area contributed by atoms with Gasteiger partial charge in [0.2, 0.25) is 10.0 Å². The van der Waals surface area contributed by atoms with Gasteiger partial charge in [-0.25, -0.2) is 17.9 Å². The van der Waals surface area contributed by atoms with E-state index in [-0.39, 0.29) is 47.3 Å². The molecule has 0 aromatic heterocycles. The Kier molecular flexibility index (Phi) is 12.6. The van der Waals surface area contributed by atoms with Gasteiger partial charge in [0, 0.05) is 24.6 Å². The predicted molar refractivity (Wildman–Crippen MR) is 176 cm³/mol. The second-order valence-corrected chi connectivity index (χ2v) is 14.4. The number of oxime groups is 1. The number of sulfonamides is 1. The average Bonchev–Trinajstić information content (AvgIpc) is 3.26. The number of ether oxygens (including phenoxy) is 1. The van der Waals surface area contributed by atoms with Gasteiger partial charge in [0.25, 0.3) is 0 Å². The van der Waals surface area contributed by atoms with E-state index < -0.39 is 28.1 Å². The molecule has 10 nitrogen and oxygen atoms in total. The molecule has 3 rings (SSSR count). The summed E-state index contributed by atoms with van der Waals surface area (Å²) in [4.78, 5) is 28.5. The second kappa shape index (κ2) is 15.7. The van der Waals surface area contributed by atoms with Gasteiger partial charge in [-0.1, -0.05) is 77.0 Å². The molecule has 1 amide bonds. The number of likely N-dealkylation sites (tertiary alicyclic amines) is 1. The number of nitrogens with zero attached hydrogens (tertiary/aromatic N) is 2. The number of hydrogen-bond acceptors (Lipinski definition) is 7. The van der Waals surface area contributed by atoms with Crippen molar-refractivity contribution in [1.82, 2.24) is 9.62 Å². The van der Waals surface area contributed by atoms with E-state index in [9.17, 15) is 23.2 Å². The summed E-state index contributed by atoms with van der Waals surface area (Å²) in [7, 11) is -4.17. The van der Waals surface area contributed by atoms with Crippen molar-refractivity contribution in [2.75, 3.05) is 19.7 Å². The molecule has 2 aromatic rings. The van der Waals surface area contributed by atoms with Crippen molar-refractivity contribution in [3.05, 3.63) is 64.2 Å². The van der Waals surface area contributed by atoms with Crippen LogP contribution in [-0.4, -0.2) is 62.0 Å². The van der Waals surface area contributed by atoms with Gasteiger partial charge in [-0.15, -0.1) is 0 Å². The van der Waals surface area contributed by atoms with Gasteiger partial charge in [-0.05, 0) is 78.7 Å². The van der Waals surface area contributed by atoms with Crippen LogP contribution in [0.2, 0.25) is 0 Å². The van der Waals surface area contributed by atoms with Crippen LogP contribution in [0.25, 0.3) is 0 Å². The summed E-state index contributed by atoms with van der Waals surface area (Å²) >= 11 is 0. The second-order valence-electron chi connectivity index (χ2n) is 12.8. The normalized spacial score (nSPS) is 17.1. The molecule has 2 aromatic carbocycles. The lowest BCUT2D eigenvalue weighted by Crippen LogP contribution is -2.45. The van der Waals surface area contributed by atoms with Gasteiger partial charge in [0.1, 0.15) is 0 Å². The number of carbonyl (C=O) groups is 2. The van der Waals surface area contributed by atoms with E-state index in [1.165, 1.54) is 0 Å². The standard InChI is InChI=1S/C34H50N4O6S/c1-8-44-34(40)38-15-10-13-25(14-16-38)31(39)30(18-24-11-9-12-26(17-24)33(35)36-41)37-45(42,43)32-28(22(4)5)19-27(21(2)3)20-29(32)23(6)7/h9,11-12,17,19-23,25,30,37,41H,8,10,13-16,18H2,1-7H3,(H2,35,36)/t25-,30?/m1/s1. The first-order chi connectivity index (χ1) is 21.2. The third-order valence-electron chi connectivity index (χ3n) is 8.42. The maximum absolute atomic E-state index is 14.4. The first kappa shape index (κ1) is 36.0. The van der Waals surface area contributed by atoms with Crippen LogP contribution in [-0.2, 0) is 26.0 Å². The van der Waals surface area contributed by atoms with Crippen molar-refractivity contribution >= 4 is 27.7 Å². The molecule has 11 heteroatoms. The first-order valence-electron chi connectivity index (χ1n) is 15.9. The summed E-state index contributed by atoms with van der Waals surface area (Å²) in [6, 6.07) is 9.74. The Labute approximate surface area is 268 Å². The van der Waals surface area contributed by atoms with Crippen LogP contribution < -0.4 is 10.5 Å². The average molecular weight is 643 g/mol. The lowest BCUT2D eigenvalue weighted by Gasteiger charge is -2.27. The fourth-order valence-corrected chi connectivity index (χ4v) is 7.76. The molecule has 2 atom stereocenters. The van der Waals surface area contributed by atoms with Crippen LogP contribution in [0.4, 0.5) is 4.79 Å². The SMILES string of the molecule is CCOC(=O)N1CCC[C@@H](C(=O)C(Cc2cccc(C(N)=NO)c2)NS(=O)(=O)c2c(C(C)C)cc(C(C)C)cc2C(C)C)CC1. The third kappa shape index (κ3) is 9.07. The molecule has 1 unspecified atom stereocenters. The minimum atomic E-state index is -4.17. The Morgan fingerprint density at radius 1 is 1.02 bits per heavy atom. The van der Waals surface area contributed by atoms with Crippen LogP contribution >= 0.6 is 0 Å². The fourth-order valence-electron chi connectivity index (χ4n) is 5.86. The maximum atomic E-state index is 14.4. The first-order valence-corrected chi connectivity index (χ1v) is 17.4. The minimum absolute atomic E-state index is 0.0702. The van der Waals surface area contributed by atoms with E-state index in [2.05, 4.69) is 23.7 Å². The molecule has 0 aliphatic carbocycles. The Morgan fingerprint density at radius 2 is 1.67 bits per heavy atom. The quantitative estimate of drug-likeness (QED) is 0.113. The number of hydrogen-bond donors (Lipinski definition) is 3. The van der Waals surface area contributed by atoms with Crippen LogP contribution in [0.5, 0.6) is 0 Å². The summed E-state index contributed by atoms with van der Waals surface area (Å²) in [6.45, 7) is 14.9. The highest BCUT2D eigenvalue weighted by molar-refractivity contribution is 7.89. The number of Topliss-reactive ketones (excluding diaryl/α,β-unsaturated/α-hetero) is 1. The van der Waals surface area contributed by atoms with Gasteiger partial charge in [-0.3, -0.25) is 4.79 Å². The molecule has 1 aliphatic rings. The Bertz CT molecular complexity index is 1460. The predicted octanol–water partition coefficient (Wildman–Crippen LogP) is 5.87. The van der Waals surface area contributed by atoms with E-state index in [0.29, 0.717) is 43.5 Å². The zero-order valence-electron chi connectivity index (χ0n) is 27.7. The molecule has 1 aliphatic heterocycles. The molecule has 1 saturated heterocycles. The summed E-state index contributed by atoms with van der Waals surface area (Å²) in [5, 5.41) is 12.3. The zero-order valence-corrected chi connectivity index (χ0v) is 28.5. The molecule has 0 radical (unpaired) electrons. The largest absolute Gasteiger partial charge is 0.450 e. The van der Waals surface area contributed by atoms with Crippen LogP contribution in [0.15, 0.2) is 46.4 Å². The Balaban J connectivity index is 2.07. The number of ketones is 1. The van der Waals surface area contributed by atoms with Gasteiger partial charge in [0.05, 0.1) is 17.5 Å². The highest BCUT2D eigenvalue weighted by atomic mass is 32.2. The monoisotopic (exact) mass is 642 g/mol. The van der Waals surface area contributed by atoms with Gasteiger partial charge in [0.15, 0.2) is 11.6 Å². The number of nitrogens with one attached hydrogen (secondary N) is 1. The number of nitrogens with two attached hydrogens (primary N) is 1. The molecule has 4 N–H and O–H groups in total. The molecule has 0 saturated carbocycles. The van der Waals surface area contributed by atoms with E-state index in [4.69, 9.17) is 10.5 Å². The van der Waals surface area contributed by atoms with Crippen LogP contribution in [0.1, 0.15) is 113 Å². The molecular formula is C34H50N4O6S. The maximum Gasteiger partial charge on any atom is 0.409 e. The van der Waals surface area contributed by atoms with E-state index >= 15 is 0 Å². The fraction of sp³-hybridized carbons (Fsp3) is 0.559. The van der Waals surface area contributed by atoms with E-state index in [1.807, 2.05) is 39.8 Å². The van der Waals surface area contributed by atoms with E-state index in [1.54, 1.807) is 36.1 Å². The van der Waals surface area contributed by atoms with Crippen molar-refractivity contribution < 1.29 is 28.0 Å². The summed E-state index contributed by atoms with van der Waals surface area (Å²) < 4.78 is 36.9. The molecule has 0 spiro atoms. The Hall–Kier alpha value is -3.44. The van der Waals surface area contributed by atoms with Crippen molar-refractivity contribution in [2.24, 2.45) is 16.8 Å². The minimum Gasteiger partial charge on any atom is -0.450 e. The summed E-state index contributed by atoms with van der Waals surface area (Å²) in [6.07, 6.45) is 1.18. The highest BCUT2D eigenvalue weighted by Crippen LogP contribution is 2.35. The zero-order chi connectivity index (χ0) is 33.5. The smallest absolute Gasteiger partial charge is 0.409 e. The van der Waals surface area contributed by atoms with Gasteiger partial charge in [-0.2, -0.15) is 0 Å². The van der Waals surface area contributed by atoms with Gasteiger partial charge < -0.3 is 20.6 Å². The number of amidine groups is 1. The van der Waals surface area contributed by atoms with Gasteiger partial charge >= 0.3 is 6.09 Å². The summed E-state index contributed by atoms with van der Waals surface area (Å²) in [5.74, 6) is -0.705. The van der Waals surface area contributed by atoms with Crippen molar-refractivity contribution in [3.8, 4) is 0 Å². The number of amides is 1. The molecule has 0 bridgehead atoms. The van der Waals surface area contributed by atoms with Crippen LogP contribution in [0.3, 0.4) is 0 Å².